The molecule has 1 atom stereocenters. The van der Waals surface area contributed by atoms with Crippen molar-refractivity contribution in [2.45, 2.75) is 40.5 Å². The van der Waals surface area contributed by atoms with Crippen molar-refractivity contribution in [3.63, 3.8) is 0 Å². The third-order valence-electron chi connectivity index (χ3n) is 3.74. The van der Waals surface area contributed by atoms with Gasteiger partial charge in [0.25, 0.3) is 0 Å². The highest BCUT2D eigenvalue weighted by molar-refractivity contribution is 5.36. The van der Waals surface area contributed by atoms with Gasteiger partial charge < -0.3 is 11.1 Å². The summed E-state index contributed by atoms with van der Waals surface area (Å²) in [6, 6.07) is 4.62. The summed E-state index contributed by atoms with van der Waals surface area (Å²) >= 11 is 0. The average Bonchev–Trinajstić information content (AvgIpc) is 2.34. The van der Waals surface area contributed by atoms with Crippen LogP contribution >= 0.6 is 0 Å². The highest BCUT2D eigenvalue weighted by atomic mass is 14.8. The summed E-state index contributed by atoms with van der Waals surface area (Å²) in [7, 11) is 0. The molecule has 2 heteroatoms. The molecule has 1 unspecified atom stereocenters. The average molecular weight is 248 g/mol. The van der Waals surface area contributed by atoms with Crippen molar-refractivity contribution in [2.24, 2.45) is 11.7 Å². The van der Waals surface area contributed by atoms with E-state index in [1.165, 1.54) is 28.7 Å². The fourth-order valence-electron chi connectivity index (χ4n) is 2.10. The number of aryl methyl sites for hydroxylation is 3. The van der Waals surface area contributed by atoms with Crippen LogP contribution in [0.2, 0.25) is 0 Å². The molecule has 0 radical (unpaired) electrons. The summed E-state index contributed by atoms with van der Waals surface area (Å²) in [6.45, 7) is 11.7. The molecule has 0 fully saturated rings. The molecule has 0 aliphatic carbocycles. The Labute approximate surface area is 112 Å². The number of benzene rings is 1. The highest BCUT2D eigenvalue weighted by Gasteiger charge is 2.02. The first kappa shape index (κ1) is 15.2. The third kappa shape index (κ3) is 4.79. The zero-order valence-corrected chi connectivity index (χ0v) is 12.3. The lowest BCUT2D eigenvalue weighted by Gasteiger charge is -2.12. The molecule has 0 saturated carbocycles. The molecule has 0 spiro atoms. The van der Waals surface area contributed by atoms with E-state index in [9.17, 15) is 0 Å². The van der Waals surface area contributed by atoms with Crippen LogP contribution in [0.15, 0.2) is 12.1 Å². The minimum Gasteiger partial charge on any atom is -0.330 e. The number of nitrogens with one attached hydrogen (secondary N) is 1. The standard InChI is InChI=1S/C16H28N2/c1-12(11-17)5-7-18-8-6-16-10-14(3)13(2)9-15(16)4/h9-10,12,18H,5-8,11,17H2,1-4H3. The minimum absolute atomic E-state index is 0.626. The molecule has 0 saturated heterocycles. The van der Waals surface area contributed by atoms with Crippen molar-refractivity contribution >= 4 is 0 Å². The highest BCUT2D eigenvalue weighted by Crippen LogP contribution is 2.15. The van der Waals surface area contributed by atoms with Crippen molar-refractivity contribution in [3.05, 3.63) is 34.4 Å². The molecule has 1 rings (SSSR count). The zero-order chi connectivity index (χ0) is 13.5. The number of hydrogen-bond donors (Lipinski definition) is 2. The molecule has 0 amide bonds. The maximum Gasteiger partial charge on any atom is -0.000825 e. The maximum absolute atomic E-state index is 5.60. The van der Waals surface area contributed by atoms with Crippen LogP contribution in [0.1, 0.15) is 35.6 Å². The Morgan fingerprint density at radius 1 is 1.06 bits per heavy atom. The molecule has 3 N–H and O–H groups in total. The van der Waals surface area contributed by atoms with Gasteiger partial charge in [-0.1, -0.05) is 19.1 Å². The van der Waals surface area contributed by atoms with E-state index in [1.54, 1.807) is 0 Å². The molecule has 18 heavy (non-hydrogen) atoms. The molecule has 0 aliphatic heterocycles. The molecule has 102 valence electrons. The van der Waals surface area contributed by atoms with E-state index in [2.05, 4.69) is 45.1 Å². The van der Waals surface area contributed by atoms with E-state index in [-0.39, 0.29) is 0 Å². The number of rotatable bonds is 7. The summed E-state index contributed by atoms with van der Waals surface area (Å²) in [5.74, 6) is 0.626. The molecule has 1 aromatic carbocycles. The van der Waals surface area contributed by atoms with Crippen LogP contribution in [0.25, 0.3) is 0 Å². The van der Waals surface area contributed by atoms with E-state index >= 15 is 0 Å². The topological polar surface area (TPSA) is 38.0 Å². The van der Waals surface area contributed by atoms with Gasteiger partial charge in [-0.25, -0.2) is 0 Å². The molecule has 0 aliphatic rings. The van der Waals surface area contributed by atoms with Gasteiger partial charge in [0.1, 0.15) is 0 Å². The van der Waals surface area contributed by atoms with Crippen LogP contribution in [0, 0.1) is 26.7 Å². The van der Waals surface area contributed by atoms with E-state index < -0.39 is 0 Å². The molecule has 0 aromatic heterocycles. The lowest BCUT2D eigenvalue weighted by atomic mass is 9.99. The zero-order valence-electron chi connectivity index (χ0n) is 12.3. The number of nitrogens with two attached hydrogens (primary N) is 1. The monoisotopic (exact) mass is 248 g/mol. The van der Waals surface area contributed by atoms with Gasteiger partial charge in [-0.3, -0.25) is 0 Å². The van der Waals surface area contributed by atoms with Gasteiger partial charge in [0, 0.05) is 0 Å². The predicted octanol–water partition coefficient (Wildman–Crippen LogP) is 2.73. The van der Waals surface area contributed by atoms with Crippen molar-refractivity contribution in [1.29, 1.82) is 0 Å². The van der Waals surface area contributed by atoms with Crippen molar-refractivity contribution in [2.75, 3.05) is 19.6 Å². The molecule has 0 bridgehead atoms. The fraction of sp³-hybridized carbons (Fsp3) is 0.625. The molecular weight excluding hydrogens is 220 g/mol. The van der Waals surface area contributed by atoms with Gasteiger partial charge in [0.2, 0.25) is 0 Å². The first-order valence-corrected chi connectivity index (χ1v) is 7.02. The second-order valence-electron chi connectivity index (χ2n) is 5.49. The van der Waals surface area contributed by atoms with Crippen molar-refractivity contribution in [1.82, 2.24) is 5.32 Å². The van der Waals surface area contributed by atoms with Gasteiger partial charge >= 0.3 is 0 Å². The Morgan fingerprint density at radius 3 is 2.39 bits per heavy atom. The maximum atomic E-state index is 5.60. The van der Waals surface area contributed by atoms with E-state index in [1.807, 2.05) is 0 Å². The van der Waals surface area contributed by atoms with Crippen LogP contribution in [-0.2, 0) is 6.42 Å². The molecular formula is C16H28N2. The Hall–Kier alpha value is -0.860. The number of hydrogen-bond acceptors (Lipinski definition) is 2. The molecule has 1 aromatic rings. The second-order valence-corrected chi connectivity index (χ2v) is 5.49. The lowest BCUT2D eigenvalue weighted by molar-refractivity contribution is 0.511. The molecule has 0 heterocycles. The minimum atomic E-state index is 0.626. The Morgan fingerprint density at radius 2 is 1.72 bits per heavy atom. The summed E-state index contributed by atoms with van der Waals surface area (Å²) < 4.78 is 0. The van der Waals surface area contributed by atoms with Crippen LogP contribution in [0.4, 0.5) is 0 Å². The Kier molecular flexibility index (Phi) is 6.37. The third-order valence-corrected chi connectivity index (χ3v) is 3.74. The van der Waals surface area contributed by atoms with Crippen LogP contribution < -0.4 is 11.1 Å². The Bertz CT molecular complexity index is 372. The summed E-state index contributed by atoms with van der Waals surface area (Å²) in [5.41, 5.74) is 11.3. The van der Waals surface area contributed by atoms with Crippen LogP contribution in [0.5, 0.6) is 0 Å². The van der Waals surface area contributed by atoms with Gasteiger partial charge in [-0.05, 0) is 81.4 Å². The fourth-order valence-corrected chi connectivity index (χ4v) is 2.10. The summed E-state index contributed by atoms with van der Waals surface area (Å²) in [5, 5.41) is 3.50. The smallest absolute Gasteiger partial charge is 0.000825 e. The van der Waals surface area contributed by atoms with Gasteiger partial charge in [0.15, 0.2) is 0 Å². The van der Waals surface area contributed by atoms with E-state index in [0.29, 0.717) is 5.92 Å². The van der Waals surface area contributed by atoms with Crippen LogP contribution in [-0.4, -0.2) is 19.6 Å². The first-order valence-electron chi connectivity index (χ1n) is 7.02. The van der Waals surface area contributed by atoms with E-state index in [0.717, 1.165) is 26.1 Å². The normalized spacial score (nSPS) is 12.7. The van der Waals surface area contributed by atoms with Crippen molar-refractivity contribution in [3.8, 4) is 0 Å². The summed E-state index contributed by atoms with van der Waals surface area (Å²) in [6.07, 6.45) is 2.28. The summed E-state index contributed by atoms with van der Waals surface area (Å²) in [4.78, 5) is 0. The van der Waals surface area contributed by atoms with E-state index in [4.69, 9.17) is 5.73 Å². The van der Waals surface area contributed by atoms with Gasteiger partial charge in [-0.15, -0.1) is 0 Å². The van der Waals surface area contributed by atoms with Crippen LogP contribution in [0.3, 0.4) is 0 Å². The predicted molar refractivity (Wildman–Crippen MR) is 80.1 cm³/mol. The first-order chi connectivity index (χ1) is 8.54. The quantitative estimate of drug-likeness (QED) is 0.728. The largest absolute Gasteiger partial charge is 0.330 e. The lowest BCUT2D eigenvalue weighted by Crippen LogP contribution is -2.22. The second kappa shape index (κ2) is 7.55. The SMILES string of the molecule is Cc1cc(C)c(CCNCCC(C)CN)cc1C. The Balaban J connectivity index is 2.33. The van der Waals surface area contributed by atoms with Gasteiger partial charge in [0.05, 0.1) is 0 Å². The van der Waals surface area contributed by atoms with Gasteiger partial charge in [-0.2, -0.15) is 0 Å². The van der Waals surface area contributed by atoms with Crippen molar-refractivity contribution < 1.29 is 0 Å². The molecule has 2 nitrogen and oxygen atoms in total.